The fourth-order valence-electron chi connectivity index (χ4n) is 3.42. The molecule has 0 aromatic heterocycles. The van der Waals surface area contributed by atoms with Crippen LogP contribution in [-0.4, -0.2) is 0 Å². The third-order valence-electron chi connectivity index (χ3n) is 5.84. The van der Waals surface area contributed by atoms with Crippen LogP contribution in [0.1, 0.15) is 116 Å². The maximum Gasteiger partial charge on any atom is -0.0132 e. The topological polar surface area (TPSA) is 0 Å². The van der Waals surface area contributed by atoms with Crippen LogP contribution >= 0.6 is 0 Å². The zero-order chi connectivity index (χ0) is 23.1. The van der Waals surface area contributed by atoms with Crippen LogP contribution in [0.3, 0.4) is 0 Å². The molecule has 0 bridgehead atoms. The summed E-state index contributed by atoms with van der Waals surface area (Å²) < 4.78 is 0. The van der Waals surface area contributed by atoms with Crippen molar-refractivity contribution in [3.05, 3.63) is 69.8 Å². The van der Waals surface area contributed by atoms with Crippen molar-refractivity contribution >= 4 is 12.2 Å². The van der Waals surface area contributed by atoms with Crippen LogP contribution in [0.5, 0.6) is 0 Å². The van der Waals surface area contributed by atoms with E-state index in [1.54, 1.807) is 0 Å². The maximum absolute atomic E-state index is 2.38. The first kappa shape index (κ1) is 24.4. The first-order valence-corrected chi connectivity index (χ1v) is 11.4. The van der Waals surface area contributed by atoms with Crippen molar-refractivity contribution in [1.82, 2.24) is 0 Å². The molecule has 0 spiro atoms. The van der Waals surface area contributed by atoms with E-state index in [1.807, 2.05) is 0 Å². The van der Waals surface area contributed by atoms with Crippen molar-refractivity contribution in [3.8, 4) is 0 Å². The van der Waals surface area contributed by atoms with Crippen LogP contribution in [0.4, 0.5) is 0 Å². The van der Waals surface area contributed by atoms with Gasteiger partial charge >= 0.3 is 0 Å². The molecule has 0 amide bonds. The van der Waals surface area contributed by atoms with Crippen molar-refractivity contribution in [1.29, 1.82) is 0 Å². The highest BCUT2D eigenvalue weighted by Gasteiger charge is 2.21. The van der Waals surface area contributed by atoms with E-state index in [-0.39, 0.29) is 21.7 Å². The van der Waals surface area contributed by atoms with E-state index < -0.39 is 0 Å². The molecule has 2 aromatic carbocycles. The zero-order valence-corrected chi connectivity index (χ0v) is 21.6. The third kappa shape index (κ3) is 6.34. The first-order chi connectivity index (χ1) is 13.4. The monoisotopic (exact) mass is 404 g/mol. The lowest BCUT2D eigenvalue weighted by atomic mass is 9.79. The Labute approximate surface area is 186 Å². The van der Waals surface area contributed by atoms with Crippen LogP contribution in [-0.2, 0) is 21.7 Å². The van der Waals surface area contributed by atoms with Crippen LogP contribution < -0.4 is 0 Å². The number of hydrogen-bond acceptors (Lipinski definition) is 0. The Balaban J connectivity index is 2.58. The summed E-state index contributed by atoms with van der Waals surface area (Å²) in [4.78, 5) is 0. The average molecular weight is 405 g/mol. The van der Waals surface area contributed by atoms with E-state index in [9.17, 15) is 0 Å². The van der Waals surface area contributed by atoms with E-state index in [0.29, 0.717) is 0 Å². The normalized spacial score (nSPS) is 13.9. The van der Waals surface area contributed by atoms with Gasteiger partial charge in [-0.2, -0.15) is 0 Å². The molecule has 0 radical (unpaired) electrons. The standard InChI is InChI=1S/C30H44/c1-27(2,3)23-15-21(16-24(19-23)28(4,5)6)13-14-22-17-25(29(7,8)9)20-26(18-22)30(10,11)12/h13-20H,1-12H3. The van der Waals surface area contributed by atoms with Gasteiger partial charge in [0.25, 0.3) is 0 Å². The third-order valence-corrected chi connectivity index (χ3v) is 5.84. The van der Waals surface area contributed by atoms with Gasteiger partial charge in [0, 0.05) is 0 Å². The average Bonchev–Trinajstić information content (AvgIpc) is 2.56. The molecule has 0 heteroatoms. The molecule has 0 aliphatic heterocycles. The van der Waals surface area contributed by atoms with Gasteiger partial charge in [-0.05, 0) is 55.0 Å². The van der Waals surface area contributed by atoms with Crippen LogP contribution in [0.15, 0.2) is 36.4 Å². The second-order valence-corrected chi connectivity index (χ2v) is 13.0. The molecule has 164 valence electrons. The molecule has 0 unspecified atom stereocenters. The van der Waals surface area contributed by atoms with Gasteiger partial charge in [-0.1, -0.05) is 132 Å². The molecule has 0 saturated carbocycles. The smallest absolute Gasteiger partial charge is 0.0132 e. The minimum Gasteiger partial charge on any atom is -0.0561 e. The molecule has 30 heavy (non-hydrogen) atoms. The zero-order valence-electron chi connectivity index (χ0n) is 21.6. The lowest BCUT2D eigenvalue weighted by Gasteiger charge is -2.26. The highest BCUT2D eigenvalue weighted by atomic mass is 14.3. The van der Waals surface area contributed by atoms with E-state index in [0.717, 1.165) is 0 Å². The van der Waals surface area contributed by atoms with Gasteiger partial charge < -0.3 is 0 Å². The summed E-state index contributed by atoms with van der Waals surface area (Å²) >= 11 is 0. The molecule has 0 aliphatic rings. The molecular weight excluding hydrogens is 360 g/mol. The molecule has 2 rings (SSSR count). The fourth-order valence-corrected chi connectivity index (χ4v) is 3.42. The van der Waals surface area contributed by atoms with Crippen molar-refractivity contribution in [2.75, 3.05) is 0 Å². The Bertz CT molecular complexity index is 768. The van der Waals surface area contributed by atoms with Crippen molar-refractivity contribution in [2.45, 2.75) is 105 Å². The van der Waals surface area contributed by atoms with Crippen molar-refractivity contribution in [2.24, 2.45) is 0 Å². The minimum atomic E-state index is 0.134. The number of hydrogen-bond donors (Lipinski definition) is 0. The molecule has 2 aromatic rings. The summed E-state index contributed by atoms with van der Waals surface area (Å²) in [5.41, 5.74) is 8.69. The number of benzene rings is 2. The van der Waals surface area contributed by atoms with Gasteiger partial charge in [0.05, 0.1) is 0 Å². The second kappa shape index (κ2) is 8.03. The minimum absolute atomic E-state index is 0.134. The van der Waals surface area contributed by atoms with Gasteiger partial charge in [0.1, 0.15) is 0 Å². The van der Waals surface area contributed by atoms with Crippen molar-refractivity contribution < 1.29 is 0 Å². The molecule has 0 saturated heterocycles. The summed E-state index contributed by atoms with van der Waals surface area (Å²) in [6.45, 7) is 27.6. The predicted octanol–water partition coefficient (Wildman–Crippen LogP) is 9.05. The molecular formula is C30H44. The lowest BCUT2D eigenvalue weighted by molar-refractivity contribution is 0.567. The van der Waals surface area contributed by atoms with Crippen LogP contribution in [0, 0.1) is 0 Å². The van der Waals surface area contributed by atoms with E-state index in [2.05, 4.69) is 132 Å². The predicted molar refractivity (Wildman–Crippen MR) is 137 cm³/mol. The quantitative estimate of drug-likeness (QED) is 0.438. The van der Waals surface area contributed by atoms with Gasteiger partial charge in [-0.3, -0.25) is 0 Å². The fraction of sp³-hybridized carbons (Fsp3) is 0.533. The summed E-state index contributed by atoms with van der Waals surface area (Å²) in [6.07, 6.45) is 4.58. The van der Waals surface area contributed by atoms with Crippen LogP contribution in [0.25, 0.3) is 12.2 Å². The molecule has 0 N–H and O–H groups in total. The lowest BCUT2D eigenvalue weighted by Crippen LogP contribution is -2.16. The van der Waals surface area contributed by atoms with Gasteiger partial charge in [0.15, 0.2) is 0 Å². The molecule has 0 aliphatic carbocycles. The van der Waals surface area contributed by atoms with Crippen LogP contribution in [0.2, 0.25) is 0 Å². The molecule has 0 fully saturated rings. The van der Waals surface area contributed by atoms with E-state index in [4.69, 9.17) is 0 Å². The Morgan fingerprint density at radius 2 is 0.567 bits per heavy atom. The first-order valence-electron chi connectivity index (χ1n) is 11.4. The SMILES string of the molecule is CC(C)(C)c1cc(C=Cc2cc(C(C)(C)C)cc(C(C)(C)C)c2)cc(C(C)(C)C)c1. The number of rotatable bonds is 2. The summed E-state index contributed by atoms with van der Waals surface area (Å²) in [6, 6.07) is 14.2. The Morgan fingerprint density at radius 1 is 0.367 bits per heavy atom. The largest absolute Gasteiger partial charge is 0.0561 e. The Morgan fingerprint density at radius 3 is 0.733 bits per heavy atom. The summed E-state index contributed by atoms with van der Waals surface area (Å²) in [5, 5.41) is 0. The van der Waals surface area contributed by atoms with Crippen molar-refractivity contribution in [3.63, 3.8) is 0 Å². The van der Waals surface area contributed by atoms with E-state index in [1.165, 1.54) is 33.4 Å². The molecule has 0 atom stereocenters. The van der Waals surface area contributed by atoms with Gasteiger partial charge in [0.2, 0.25) is 0 Å². The maximum atomic E-state index is 2.38. The second-order valence-electron chi connectivity index (χ2n) is 13.0. The molecule has 0 nitrogen and oxygen atoms in total. The highest BCUT2D eigenvalue weighted by Crippen LogP contribution is 2.33. The Hall–Kier alpha value is -1.82. The van der Waals surface area contributed by atoms with Gasteiger partial charge in [-0.25, -0.2) is 0 Å². The highest BCUT2D eigenvalue weighted by molar-refractivity contribution is 5.71. The van der Waals surface area contributed by atoms with E-state index >= 15 is 0 Å². The molecule has 0 heterocycles. The summed E-state index contributed by atoms with van der Waals surface area (Å²) in [5.74, 6) is 0. The van der Waals surface area contributed by atoms with Gasteiger partial charge in [-0.15, -0.1) is 0 Å². The Kier molecular flexibility index (Phi) is 6.54. The summed E-state index contributed by atoms with van der Waals surface area (Å²) in [7, 11) is 0.